The van der Waals surface area contributed by atoms with Crippen molar-refractivity contribution >= 4 is 16.9 Å². The van der Waals surface area contributed by atoms with Gasteiger partial charge in [-0.3, -0.25) is 0 Å². The molecule has 0 saturated carbocycles. The van der Waals surface area contributed by atoms with E-state index in [2.05, 4.69) is 19.9 Å². The van der Waals surface area contributed by atoms with Gasteiger partial charge in [0.25, 0.3) is 0 Å². The maximum Gasteiger partial charge on any atom is 0.416 e. The summed E-state index contributed by atoms with van der Waals surface area (Å²) >= 11 is 0. The number of hydrogen-bond acceptors (Lipinski definition) is 4. The molecule has 8 heteroatoms. The molecule has 1 N–H and O–H groups in total. The molecule has 4 rings (SSSR count). The molecule has 0 atom stereocenters. The number of benzene rings is 1. The number of aromatic nitrogens is 3. The Balaban J connectivity index is 1.77. The lowest BCUT2D eigenvalue weighted by atomic mass is 10.1. The molecule has 0 radical (unpaired) electrons. The number of anilines is 1. The zero-order valence-corrected chi connectivity index (χ0v) is 13.2. The Kier molecular flexibility index (Phi) is 3.84. The van der Waals surface area contributed by atoms with E-state index in [1.807, 2.05) is 0 Å². The smallest absolute Gasteiger partial charge is 0.378 e. The number of hydrogen-bond donors (Lipinski definition) is 1. The Hall–Kier alpha value is -2.61. The van der Waals surface area contributed by atoms with E-state index in [0.717, 1.165) is 23.5 Å². The molecule has 1 aliphatic heterocycles. The average molecular weight is 348 g/mol. The van der Waals surface area contributed by atoms with Crippen molar-refractivity contribution in [3.63, 3.8) is 0 Å². The van der Waals surface area contributed by atoms with E-state index < -0.39 is 11.7 Å². The molecule has 0 bridgehead atoms. The molecule has 3 aromatic rings. The maximum atomic E-state index is 12.9. The standard InChI is InChI=1S/C17H15F3N4O/c18-17(19,20)12-3-1-2-11(10-12)15-22-13-4-5-21-16(14(13)23-15)24-6-8-25-9-7-24/h1-5,10H,6-9H2,(H,22,23). The van der Waals surface area contributed by atoms with Crippen molar-refractivity contribution in [3.8, 4) is 11.4 Å². The number of H-pyrrole nitrogens is 1. The van der Waals surface area contributed by atoms with E-state index in [-0.39, 0.29) is 0 Å². The van der Waals surface area contributed by atoms with Gasteiger partial charge in [0.2, 0.25) is 0 Å². The van der Waals surface area contributed by atoms with Crippen molar-refractivity contribution in [1.29, 1.82) is 0 Å². The van der Waals surface area contributed by atoms with Gasteiger partial charge < -0.3 is 14.6 Å². The SMILES string of the molecule is FC(F)(F)c1cccc(-c2nc3c(N4CCOCC4)nccc3[nH]2)c1. The number of nitrogens with zero attached hydrogens (tertiary/aromatic N) is 3. The lowest BCUT2D eigenvalue weighted by Gasteiger charge is -2.27. The van der Waals surface area contributed by atoms with Crippen LogP contribution in [0.1, 0.15) is 5.56 Å². The summed E-state index contributed by atoms with van der Waals surface area (Å²) in [6, 6.07) is 6.90. The van der Waals surface area contributed by atoms with Crippen molar-refractivity contribution in [2.45, 2.75) is 6.18 Å². The Labute approximate surface area is 141 Å². The third-order valence-electron chi connectivity index (χ3n) is 4.16. The topological polar surface area (TPSA) is 54.0 Å². The number of imidazole rings is 1. The zero-order valence-electron chi connectivity index (χ0n) is 13.2. The van der Waals surface area contributed by atoms with Gasteiger partial charge in [-0.15, -0.1) is 0 Å². The fraction of sp³-hybridized carbons (Fsp3) is 0.294. The first-order valence-corrected chi connectivity index (χ1v) is 7.87. The summed E-state index contributed by atoms with van der Waals surface area (Å²) in [5, 5.41) is 0. The number of aromatic amines is 1. The van der Waals surface area contributed by atoms with E-state index in [9.17, 15) is 13.2 Å². The monoisotopic (exact) mass is 348 g/mol. The van der Waals surface area contributed by atoms with Gasteiger partial charge in [-0.1, -0.05) is 12.1 Å². The Morgan fingerprint density at radius 1 is 1.12 bits per heavy atom. The van der Waals surface area contributed by atoms with Gasteiger partial charge in [-0.2, -0.15) is 13.2 Å². The van der Waals surface area contributed by atoms with Crippen molar-refractivity contribution in [2.75, 3.05) is 31.2 Å². The summed E-state index contributed by atoms with van der Waals surface area (Å²) in [4.78, 5) is 14.1. The number of fused-ring (bicyclic) bond motifs is 1. The van der Waals surface area contributed by atoms with Crippen LogP contribution in [0, 0.1) is 0 Å². The molecule has 1 aromatic carbocycles. The summed E-state index contributed by atoms with van der Waals surface area (Å²) < 4.78 is 44.2. The maximum absolute atomic E-state index is 12.9. The van der Waals surface area contributed by atoms with Crippen LogP contribution in [0.25, 0.3) is 22.4 Å². The van der Waals surface area contributed by atoms with Gasteiger partial charge in [0.15, 0.2) is 5.82 Å². The first kappa shape index (κ1) is 15.9. The van der Waals surface area contributed by atoms with Crippen LogP contribution in [-0.4, -0.2) is 41.3 Å². The number of morpholine rings is 1. The number of pyridine rings is 1. The molecule has 0 aliphatic carbocycles. The van der Waals surface area contributed by atoms with Gasteiger partial charge in [-0.25, -0.2) is 9.97 Å². The number of rotatable bonds is 2. The summed E-state index contributed by atoms with van der Waals surface area (Å²) in [5.41, 5.74) is 1.08. The van der Waals surface area contributed by atoms with Crippen LogP contribution in [-0.2, 0) is 10.9 Å². The van der Waals surface area contributed by atoms with Crippen LogP contribution in [0.5, 0.6) is 0 Å². The van der Waals surface area contributed by atoms with Crippen LogP contribution in [0.15, 0.2) is 36.5 Å². The molecule has 0 unspecified atom stereocenters. The number of halogens is 3. The van der Waals surface area contributed by atoms with Gasteiger partial charge in [0.05, 0.1) is 24.3 Å². The molecule has 0 spiro atoms. The first-order chi connectivity index (χ1) is 12.0. The highest BCUT2D eigenvalue weighted by molar-refractivity contribution is 5.88. The molecular formula is C17H15F3N4O. The molecule has 1 fully saturated rings. The van der Waals surface area contributed by atoms with E-state index in [1.165, 1.54) is 6.07 Å². The van der Waals surface area contributed by atoms with E-state index in [0.29, 0.717) is 43.2 Å². The number of nitrogens with one attached hydrogen (secondary N) is 1. The summed E-state index contributed by atoms with van der Waals surface area (Å²) in [5.74, 6) is 1.11. The second-order valence-corrected chi connectivity index (χ2v) is 5.79. The molecule has 0 amide bonds. The second-order valence-electron chi connectivity index (χ2n) is 5.79. The number of alkyl halides is 3. The van der Waals surface area contributed by atoms with Gasteiger partial charge >= 0.3 is 6.18 Å². The van der Waals surface area contributed by atoms with E-state index in [1.54, 1.807) is 18.3 Å². The third-order valence-corrected chi connectivity index (χ3v) is 4.16. The highest BCUT2D eigenvalue weighted by atomic mass is 19.4. The highest BCUT2D eigenvalue weighted by Gasteiger charge is 2.30. The molecule has 1 saturated heterocycles. The Morgan fingerprint density at radius 3 is 2.68 bits per heavy atom. The largest absolute Gasteiger partial charge is 0.416 e. The molecule has 5 nitrogen and oxygen atoms in total. The normalized spacial score (nSPS) is 15.7. The average Bonchev–Trinajstić information content (AvgIpc) is 3.06. The predicted molar refractivity (Wildman–Crippen MR) is 87.4 cm³/mol. The first-order valence-electron chi connectivity index (χ1n) is 7.87. The minimum Gasteiger partial charge on any atom is -0.378 e. The fourth-order valence-corrected chi connectivity index (χ4v) is 2.91. The van der Waals surface area contributed by atoms with Crippen LogP contribution in [0.4, 0.5) is 19.0 Å². The van der Waals surface area contributed by atoms with E-state index in [4.69, 9.17) is 4.74 Å². The van der Waals surface area contributed by atoms with Crippen LogP contribution < -0.4 is 4.90 Å². The molecule has 2 aromatic heterocycles. The lowest BCUT2D eigenvalue weighted by molar-refractivity contribution is -0.137. The van der Waals surface area contributed by atoms with E-state index >= 15 is 0 Å². The van der Waals surface area contributed by atoms with Gasteiger partial charge in [-0.05, 0) is 18.2 Å². The lowest BCUT2D eigenvalue weighted by Crippen LogP contribution is -2.36. The molecule has 1 aliphatic rings. The van der Waals surface area contributed by atoms with Crippen molar-refractivity contribution < 1.29 is 17.9 Å². The van der Waals surface area contributed by atoms with Crippen LogP contribution >= 0.6 is 0 Å². The fourth-order valence-electron chi connectivity index (χ4n) is 2.91. The summed E-state index contributed by atoms with van der Waals surface area (Å²) in [6.45, 7) is 2.64. The van der Waals surface area contributed by atoms with Crippen molar-refractivity contribution in [1.82, 2.24) is 15.0 Å². The second kappa shape index (κ2) is 6.03. The van der Waals surface area contributed by atoms with Crippen molar-refractivity contribution in [3.05, 3.63) is 42.1 Å². The molecule has 130 valence electrons. The minimum atomic E-state index is -4.39. The predicted octanol–water partition coefficient (Wildman–Crippen LogP) is 3.48. The summed E-state index contributed by atoms with van der Waals surface area (Å²) in [7, 11) is 0. The molecular weight excluding hydrogens is 333 g/mol. The number of ether oxygens (including phenoxy) is 1. The van der Waals surface area contributed by atoms with Gasteiger partial charge in [0.1, 0.15) is 11.3 Å². The zero-order chi connectivity index (χ0) is 17.4. The third kappa shape index (κ3) is 3.05. The minimum absolute atomic E-state index is 0.388. The highest BCUT2D eigenvalue weighted by Crippen LogP contribution is 2.32. The molecule has 25 heavy (non-hydrogen) atoms. The van der Waals surface area contributed by atoms with Crippen LogP contribution in [0.3, 0.4) is 0 Å². The quantitative estimate of drug-likeness (QED) is 0.770. The van der Waals surface area contributed by atoms with Crippen LogP contribution in [0.2, 0.25) is 0 Å². The Morgan fingerprint density at radius 2 is 1.92 bits per heavy atom. The van der Waals surface area contributed by atoms with Crippen molar-refractivity contribution in [2.24, 2.45) is 0 Å². The summed E-state index contributed by atoms with van der Waals surface area (Å²) in [6.07, 6.45) is -2.72. The molecule has 3 heterocycles. The Bertz CT molecular complexity index is 900. The van der Waals surface area contributed by atoms with Gasteiger partial charge in [0, 0.05) is 24.8 Å².